The Morgan fingerprint density at radius 2 is 1.61 bits per heavy atom. The van der Waals surface area contributed by atoms with E-state index in [0.29, 0.717) is 12.0 Å². The van der Waals surface area contributed by atoms with Crippen molar-refractivity contribution in [2.45, 2.75) is 84.4 Å². The van der Waals surface area contributed by atoms with Crippen molar-refractivity contribution in [3.63, 3.8) is 0 Å². The summed E-state index contributed by atoms with van der Waals surface area (Å²) in [7, 11) is 0. The number of hydrogen-bond acceptors (Lipinski definition) is 2. The van der Waals surface area contributed by atoms with Crippen LogP contribution in [0.15, 0.2) is 0 Å². The molecule has 0 spiro atoms. The number of nitrogens with zero attached hydrogens (tertiary/aromatic N) is 1. The lowest BCUT2D eigenvalue weighted by atomic mass is 9.72. The van der Waals surface area contributed by atoms with E-state index in [1.165, 1.54) is 12.8 Å². The molecule has 0 radical (unpaired) electrons. The van der Waals surface area contributed by atoms with Crippen LogP contribution in [0.5, 0.6) is 0 Å². The maximum atomic E-state index is 10.9. The van der Waals surface area contributed by atoms with Crippen molar-refractivity contribution in [2.24, 2.45) is 11.3 Å². The number of likely N-dealkylation sites (tertiary alicyclic amines) is 1. The van der Waals surface area contributed by atoms with Crippen molar-refractivity contribution in [1.82, 2.24) is 4.90 Å². The van der Waals surface area contributed by atoms with Crippen LogP contribution >= 0.6 is 0 Å². The van der Waals surface area contributed by atoms with Crippen LogP contribution in [0.3, 0.4) is 0 Å². The molecular formula is C16H31NO. The van der Waals surface area contributed by atoms with Crippen LogP contribution < -0.4 is 0 Å². The fourth-order valence-electron chi connectivity index (χ4n) is 3.59. The van der Waals surface area contributed by atoms with E-state index in [4.69, 9.17) is 0 Å². The molecule has 2 rings (SSSR count). The number of aliphatic hydroxyl groups is 1. The molecule has 106 valence electrons. The molecule has 18 heavy (non-hydrogen) atoms. The molecule has 0 aromatic rings. The lowest BCUT2D eigenvalue weighted by Gasteiger charge is -2.54. The van der Waals surface area contributed by atoms with E-state index in [2.05, 4.69) is 46.4 Å². The Balaban J connectivity index is 2.21. The SMILES string of the molecule is CC(C)(C)C1CC(O)(C2CC2)CCN1C(C)(C)C. The Kier molecular flexibility index (Phi) is 3.35. The van der Waals surface area contributed by atoms with Crippen molar-refractivity contribution < 1.29 is 5.11 Å². The first kappa shape index (κ1) is 14.3. The summed E-state index contributed by atoms with van der Waals surface area (Å²) in [6.07, 6.45) is 4.39. The topological polar surface area (TPSA) is 23.5 Å². The van der Waals surface area contributed by atoms with E-state index < -0.39 is 0 Å². The van der Waals surface area contributed by atoms with Gasteiger partial charge in [-0.1, -0.05) is 20.8 Å². The number of hydrogen-bond donors (Lipinski definition) is 1. The summed E-state index contributed by atoms with van der Waals surface area (Å²) in [4.78, 5) is 2.61. The van der Waals surface area contributed by atoms with Crippen molar-refractivity contribution in [1.29, 1.82) is 0 Å². The molecule has 0 bridgehead atoms. The lowest BCUT2D eigenvalue weighted by molar-refractivity contribution is -0.110. The van der Waals surface area contributed by atoms with E-state index in [0.717, 1.165) is 19.4 Å². The molecular weight excluding hydrogens is 222 g/mol. The molecule has 0 aromatic heterocycles. The van der Waals surface area contributed by atoms with Gasteiger partial charge < -0.3 is 5.11 Å². The molecule has 2 fully saturated rings. The predicted octanol–water partition coefficient (Wildman–Crippen LogP) is 3.44. The molecule has 2 atom stereocenters. The Hall–Kier alpha value is -0.0800. The van der Waals surface area contributed by atoms with Gasteiger partial charge in [-0.2, -0.15) is 0 Å². The van der Waals surface area contributed by atoms with E-state index in [1.54, 1.807) is 0 Å². The highest BCUT2D eigenvalue weighted by atomic mass is 16.3. The molecule has 1 saturated heterocycles. The zero-order chi connectivity index (χ0) is 13.8. The second kappa shape index (κ2) is 4.21. The van der Waals surface area contributed by atoms with Gasteiger partial charge in [-0.3, -0.25) is 4.90 Å². The minimum absolute atomic E-state index is 0.197. The standard InChI is InChI=1S/C16H31NO/c1-14(2,3)13-11-16(18,12-7-8-12)9-10-17(13)15(4,5)6/h12-13,18H,7-11H2,1-6H3. The van der Waals surface area contributed by atoms with Crippen LogP contribution in [-0.4, -0.2) is 33.7 Å². The van der Waals surface area contributed by atoms with Gasteiger partial charge in [0, 0.05) is 18.1 Å². The van der Waals surface area contributed by atoms with Crippen LogP contribution in [0.25, 0.3) is 0 Å². The summed E-state index contributed by atoms with van der Waals surface area (Å²) in [6, 6.07) is 0.483. The molecule has 1 saturated carbocycles. The van der Waals surface area contributed by atoms with Crippen LogP contribution in [0.1, 0.15) is 67.2 Å². The van der Waals surface area contributed by atoms with E-state index in [1.807, 2.05) is 0 Å². The lowest BCUT2D eigenvalue weighted by Crippen LogP contribution is -2.61. The van der Waals surface area contributed by atoms with Gasteiger partial charge in [0.2, 0.25) is 0 Å². The third-order valence-corrected chi connectivity index (χ3v) is 4.91. The zero-order valence-electron chi connectivity index (χ0n) is 13.1. The maximum absolute atomic E-state index is 10.9. The Bertz CT molecular complexity index is 308. The van der Waals surface area contributed by atoms with Crippen molar-refractivity contribution in [2.75, 3.05) is 6.54 Å². The van der Waals surface area contributed by atoms with Gasteiger partial charge in [0.15, 0.2) is 0 Å². The Morgan fingerprint density at radius 3 is 2.00 bits per heavy atom. The highest BCUT2D eigenvalue weighted by Gasteiger charge is 2.51. The Morgan fingerprint density at radius 1 is 1.06 bits per heavy atom. The second-order valence-electron chi connectivity index (χ2n) is 8.58. The van der Waals surface area contributed by atoms with Crippen molar-refractivity contribution >= 4 is 0 Å². The fraction of sp³-hybridized carbons (Fsp3) is 1.00. The highest BCUT2D eigenvalue weighted by Crippen LogP contribution is 2.49. The monoisotopic (exact) mass is 253 g/mol. The van der Waals surface area contributed by atoms with Crippen LogP contribution in [0.4, 0.5) is 0 Å². The largest absolute Gasteiger partial charge is 0.389 e. The first-order valence-corrected chi connectivity index (χ1v) is 7.53. The minimum Gasteiger partial charge on any atom is -0.389 e. The maximum Gasteiger partial charge on any atom is 0.0703 e. The summed E-state index contributed by atoms with van der Waals surface area (Å²) in [6.45, 7) is 14.9. The summed E-state index contributed by atoms with van der Waals surface area (Å²) in [5.41, 5.74) is 0.0547. The van der Waals surface area contributed by atoms with Gasteiger partial charge in [-0.25, -0.2) is 0 Å². The van der Waals surface area contributed by atoms with Gasteiger partial charge >= 0.3 is 0 Å². The molecule has 0 amide bonds. The smallest absolute Gasteiger partial charge is 0.0703 e. The number of piperidine rings is 1. The van der Waals surface area contributed by atoms with E-state index in [-0.39, 0.29) is 16.6 Å². The molecule has 2 nitrogen and oxygen atoms in total. The van der Waals surface area contributed by atoms with Crippen LogP contribution in [-0.2, 0) is 0 Å². The average Bonchev–Trinajstić information content (AvgIpc) is 2.97. The van der Waals surface area contributed by atoms with Gasteiger partial charge in [-0.05, 0) is 57.8 Å². The first-order valence-electron chi connectivity index (χ1n) is 7.53. The normalized spacial score (nSPS) is 35.8. The Labute approximate surface area is 113 Å². The summed E-state index contributed by atoms with van der Waals surface area (Å²) >= 11 is 0. The highest BCUT2D eigenvalue weighted by molar-refractivity contribution is 5.05. The predicted molar refractivity (Wildman–Crippen MR) is 76.6 cm³/mol. The second-order valence-corrected chi connectivity index (χ2v) is 8.58. The third kappa shape index (κ3) is 2.75. The average molecular weight is 253 g/mol. The van der Waals surface area contributed by atoms with Gasteiger partial charge in [0.1, 0.15) is 0 Å². The summed E-state index contributed by atoms with van der Waals surface area (Å²) < 4.78 is 0. The number of rotatable bonds is 1. The third-order valence-electron chi connectivity index (χ3n) is 4.91. The molecule has 2 heteroatoms. The first-order chi connectivity index (χ1) is 8.04. The van der Waals surface area contributed by atoms with E-state index in [9.17, 15) is 5.11 Å². The molecule has 2 aliphatic rings. The zero-order valence-corrected chi connectivity index (χ0v) is 13.1. The van der Waals surface area contributed by atoms with Crippen LogP contribution in [0.2, 0.25) is 0 Å². The molecule has 1 aliphatic heterocycles. The summed E-state index contributed by atoms with van der Waals surface area (Å²) in [5, 5.41) is 10.9. The minimum atomic E-state index is -0.375. The van der Waals surface area contributed by atoms with Gasteiger partial charge in [-0.15, -0.1) is 0 Å². The molecule has 1 aliphatic carbocycles. The molecule has 1 N–H and O–H groups in total. The molecule has 0 aromatic carbocycles. The van der Waals surface area contributed by atoms with E-state index >= 15 is 0 Å². The molecule has 2 unspecified atom stereocenters. The quantitative estimate of drug-likeness (QED) is 0.774. The molecule has 1 heterocycles. The van der Waals surface area contributed by atoms with Crippen molar-refractivity contribution in [3.05, 3.63) is 0 Å². The van der Waals surface area contributed by atoms with Crippen molar-refractivity contribution in [3.8, 4) is 0 Å². The van der Waals surface area contributed by atoms with Gasteiger partial charge in [0.05, 0.1) is 5.60 Å². The summed E-state index contributed by atoms with van der Waals surface area (Å²) in [5.74, 6) is 0.587. The van der Waals surface area contributed by atoms with Crippen LogP contribution in [0, 0.1) is 11.3 Å². The van der Waals surface area contributed by atoms with Gasteiger partial charge in [0.25, 0.3) is 0 Å². The fourth-order valence-corrected chi connectivity index (χ4v) is 3.59.